The van der Waals surface area contributed by atoms with Gasteiger partial charge in [-0.2, -0.15) is 0 Å². The molecule has 1 aliphatic rings. The summed E-state index contributed by atoms with van der Waals surface area (Å²) >= 11 is 0. The van der Waals surface area contributed by atoms with Gasteiger partial charge in [0.1, 0.15) is 5.60 Å². The highest BCUT2D eigenvalue weighted by molar-refractivity contribution is 5.69. The Morgan fingerprint density at radius 1 is 1.35 bits per heavy atom. The van der Waals surface area contributed by atoms with Gasteiger partial charge < -0.3 is 15.0 Å². The van der Waals surface area contributed by atoms with E-state index < -0.39 is 5.60 Å². The van der Waals surface area contributed by atoms with E-state index in [0.29, 0.717) is 6.04 Å². The molecule has 1 rings (SSSR count). The number of rotatable bonds is 6. The quantitative estimate of drug-likeness (QED) is 0.812. The zero-order valence-corrected chi connectivity index (χ0v) is 13.9. The highest BCUT2D eigenvalue weighted by Gasteiger charge is 2.31. The normalized spacial score (nSPS) is 19.7. The Hall–Kier alpha value is -0.770. The summed E-state index contributed by atoms with van der Waals surface area (Å²) in [5, 5.41) is 3.53. The maximum atomic E-state index is 12.2. The van der Waals surface area contributed by atoms with Crippen LogP contribution in [0.25, 0.3) is 0 Å². The third-order valence-corrected chi connectivity index (χ3v) is 3.97. The van der Waals surface area contributed by atoms with Crippen LogP contribution in [0.4, 0.5) is 4.79 Å². The van der Waals surface area contributed by atoms with E-state index in [-0.39, 0.29) is 6.09 Å². The minimum absolute atomic E-state index is 0.163. The van der Waals surface area contributed by atoms with E-state index >= 15 is 0 Å². The molecule has 1 atom stereocenters. The predicted molar refractivity (Wildman–Crippen MR) is 82.9 cm³/mol. The summed E-state index contributed by atoms with van der Waals surface area (Å²) in [6, 6.07) is 0.291. The molecule has 4 heteroatoms. The minimum atomic E-state index is -0.410. The number of amides is 1. The number of ether oxygens (including phenoxy) is 1. The average molecular weight is 284 g/mol. The molecule has 0 aromatic heterocycles. The van der Waals surface area contributed by atoms with Crippen molar-refractivity contribution in [2.24, 2.45) is 5.92 Å². The van der Waals surface area contributed by atoms with Crippen LogP contribution >= 0.6 is 0 Å². The molecule has 1 unspecified atom stereocenters. The van der Waals surface area contributed by atoms with Gasteiger partial charge in [-0.3, -0.25) is 0 Å². The second-order valence-electron chi connectivity index (χ2n) is 6.81. The fraction of sp³-hybridized carbons (Fsp3) is 0.938. The van der Waals surface area contributed by atoms with E-state index in [1.165, 1.54) is 12.8 Å². The Labute approximate surface area is 124 Å². The molecule has 0 bridgehead atoms. The van der Waals surface area contributed by atoms with Crippen LogP contribution in [0.5, 0.6) is 0 Å². The lowest BCUT2D eigenvalue weighted by Gasteiger charge is -2.29. The molecule has 0 saturated carbocycles. The molecule has 0 aliphatic carbocycles. The molecule has 1 fully saturated rings. The van der Waals surface area contributed by atoms with Crippen LogP contribution in [-0.4, -0.2) is 42.3 Å². The largest absolute Gasteiger partial charge is 0.444 e. The first kappa shape index (κ1) is 17.3. The lowest BCUT2D eigenvalue weighted by Crippen LogP contribution is -2.44. The van der Waals surface area contributed by atoms with Crippen LogP contribution in [0.2, 0.25) is 0 Å². The predicted octanol–water partition coefficient (Wildman–Crippen LogP) is 3.41. The fourth-order valence-electron chi connectivity index (χ4n) is 2.64. The van der Waals surface area contributed by atoms with Crippen LogP contribution in [-0.2, 0) is 4.74 Å². The number of carbonyl (C=O) groups excluding carboxylic acids is 1. The van der Waals surface area contributed by atoms with Crippen molar-refractivity contribution in [1.82, 2.24) is 10.2 Å². The molecule has 1 aliphatic heterocycles. The Bertz CT molecular complexity index is 295. The van der Waals surface area contributed by atoms with Crippen LogP contribution in [0.3, 0.4) is 0 Å². The first-order valence-electron chi connectivity index (χ1n) is 8.07. The smallest absolute Gasteiger partial charge is 0.410 e. The summed E-state index contributed by atoms with van der Waals surface area (Å²) in [6.07, 6.45) is 4.42. The minimum Gasteiger partial charge on any atom is -0.444 e. The summed E-state index contributed by atoms with van der Waals surface area (Å²) < 4.78 is 5.48. The Morgan fingerprint density at radius 3 is 2.55 bits per heavy atom. The second-order valence-corrected chi connectivity index (χ2v) is 6.81. The molecule has 1 saturated heterocycles. The molecular weight excluding hydrogens is 252 g/mol. The molecule has 4 nitrogen and oxygen atoms in total. The van der Waals surface area contributed by atoms with Gasteiger partial charge in [-0.25, -0.2) is 4.79 Å². The number of nitrogens with zero attached hydrogens (tertiary/aromatic N) is 1. The topological polar surface area (TPSA) is 41.6 Å². The van der Waals surface area contributed by atoms with E-state index in [9.17, 15) is 4.79 Å². The van der Waals surface area contributed by atoms with Crippen LogP contribution in [0.15, 0.2) is 0 Å². The molecule has 1 heterocycles. The molecular formula is C16H32N2O2. The Kier molecular flexibility index (Phi) is 6.80. The summed E-state index contributed by atoms with van der Waals surface area (Å²) in [5.74, 6) is 0.742. The van der Waals surface area contributed by atoms with Crippen molar-refractivity contribution < 1.29 is 9.53 Å². The molecule has 1 amide bonds. The molecule has 118 valence electrons. The van der Waals surface area contributed by atoms with E-state index in [0.717, 1.165) is 38.4 Å². The fourth-order valence-corrected chi connectivity index (χ4v) is 2.64. The van der Waals surface area contributed by atoms with Crippen molar-refractivity contribution in [1.29, 1.82) is 0 Å². The zero-order valence-electron chi connectivity index (χ0n) is 13.9. The number of hydrogen-bond donors (Lipinski definition) is 1. The molecule has 1 N–H and O–H groups in total. The van der Waals surface area contributed by atoms with E-state index in [4.69, 9.17) is 4.74 Å². The van der Waals surface area contributed by atoms with Crippen molar-refractivity contribution in [3.05, 3.63) is 0 Å². The number of nitrogens with one attached hydrogen (secondary N) is 1. The molecule has 0 aromatic rings. The lowest BCUT2D eigenvalue weighted by molar-refractivity contribution is 0.0226. The summed E-state index contributed by atoms with van der Waals surface area (Å²) in [6.45, 7) is 13.0. The van der Waals surface area contributed by atoms with Gasteiger partial charge in [0.25, 0.3) is 0 Å². The van der Waals surface area contributed by atoms with E-state index in [2.05, 4.69) is 19.2 Å². The van der Waals surface area contributed by atoms with Crippen LogP contribution < -0.4 is 5.32 Å². The van der Waals surface area contributed by atoms with Crippen molar-refractivity contribution >= 4 is 6.09 Å². The number of carbonyl (C=O) groups is 1. The summed E-state index contributed by atoms with van der Waals surface area (Å²) in [5.41, 5.74) is -0.410. The molecule has 0 spiro atoms. The first-order valence-corrected chi connectivity index (χ1v) is 8.07. The van der Waals surface area contributed by atoms with Gasteiger partial charge in [-0.05, 0) is 46.1 Å². The molecule has 20 heavy (non-hydrogen) atoms. The Balaban J connectivity index is 2.39. The lowest BCUT2D eigenvalue weighted by atomic mass is 10.0. The van der Waals surface area contributed by atoms with Crippen molar-refractivity contribution in [2.75, 3.05) is 19.6 Å². The Morgan fingerprint density at radius 2 is 2.00 bits per heavy atom. The van der Waals surface area contributed by atoms with Gasteiger partial charge in [0.15, 0.2) is 0 Å². The summed E-state index contributed by atoms with van der Waals surface area (Å²) in [7, 11) is 0. The van der Waals surface area contributed by atoms with Gasteiger partial charge >= 0.3 is 6.09 Å². The number of likely N-dealkylation sites (tertiary alicyclic amines) is 1. The van der Waals surface area contributed by atoms with E-state index in [1.54, 1.807) is 0 Å². The van der Waals surface area contributed by atoms with Gasteiger partial charge in [0.05, 0.1) is 0 Å². The van der Waals surface area contributed by atoms with Gasteiger partial charge in [-0.15, -0.1) is 0 Å². The third kappa shape index (κ3) is 5.70. The highest BCUT2D eigenvalue weighted by atomic mass is 16.6. The van der Waals surface area contributed by atoms with Crippen LogP contribution in [0, 0.1) is 5.92 Å². The number of hydrogen-bond acceptors (Lipinski definition) is 3. The van der Waals surface area contributed by atoms with Crippen molar-refractivity contribution in [3.63, 3.8) is 0 Å². The van der Waals surface area contributed by atoms with Crippen LogP contribution in [0.1, 0.15) is 60.3 Å². The van der Waals surface area contributed by atoms with Gasteiger partial charge in [-0.1, -0.05) is 26.7 Å². The second kappa shape index (κ2) is 7.87. The first-order chi connectivity index (χ1) is 9.37. The third-order valence-electron chi connectivity index (χ3n) is 3.97. The van der Waals surface area contributed by atoms with Gasteiger partial charge in [0.2, 0.25) is 0 Å². The highest BCUT2D eigenvalue weighted by Crippen LogP contribution is 2.20. The SMILES string of the molecule is CCC(CC)CNCC1CCCN1C(=O)OC(C)(C)C. The van der Waals surface area contributed by atoms with E-state index in [1.807, 2.05) is 25.7 Å². The monoisotopic (exact) mass is 284 g/mol. The van der Waals surface area contributed by atoms with Crippen molar-refractivity contribution in [2.45, 2.75) is 71.9 Å². The van der Waals surface area contributed by atoms with Crippen molar-refractivity contribution in [3.8, 4) is 0 Å². The molecule has 0 aromatic carbocycles. The average Bonchev–Trinajstić information content (AvgIpc) is 2.81. The zero-order chi connectivity index (χ0) is 15.2. The van der Waals surface area contributed by atoms with Gasteiger partial charge in [0, 0.05) is 19.1 Å². The summed E-state index contributed by atoms with van der Waals surface area (Å²) in [4.78, 5) is 14.1. The maximum absolute atomic E-state index is 12.2. The maximum Gasteiger partial charge on any atom is 0.410 e. The molecule has 0 radical (unpaired) electrons. The standard InChI is InChI=1S/C16H32N2O2/c1-6-13(7-2)11-17-12-14-9-8-10-18(14)15(19)20-16(3,4)5/h13-14,17H,6-12H2,1-5H3.